The molecule has 4 rings (SSSR count). The van der Waals surface area contributed by atoms with Crippen molar-refractivity contribution in [3.63, 3.8) is 0 Å². The highest BCUT2D eigenvalue weighted by atomic mass is 16.2. The molecule has 0 radical (unpaired) electrons. The molecule has 0 N–H and O–H groups in total. The Hall–Kier alpha value is -3.52. The molecule has 0 aliphatic carbocycles. The first-order valence-corrected chi connectivity index (χ1v) is 10.8. The summed E-state index contributed by atoms with van der Waals surface area (Å²) >= 11 is 0. The Morgan fingerprint density at radius 3 is 2.00 bits per heavy atom. The van der Waals surface area contributed by atoms with Crippen molar-refractivity contribution < 1.29 is 9.59 Å². The smallest absolute Gasteiger partial charge is 0.276 e. The van der Waals surface area contributed by atoms with Crippen molar-refractivity contribution in [3.05, 3.63) is 83.7 Å². The second-order valence-electron chi connectivity index (χ2n) is 8.14. The summed E-state index contributed by atoms with van der Waals surface area (Å²) in [6.45, 7) is 2.80. The van der Waals surface area contributed by atoms with Crippen molar-refractivity contribution in [1.29, 1.82) is 0 Å². The number of likely N-dealkylation sites (N-methyl/N-ethyl adjacent to an activating group) is 1. The van der Waals surface area contributed by atoms with Crippen LogP contribution in [-0.2, 0) is 11.3 Å². The molecule has 2 amide bonds. The largest absolute Gasteiger partial charge is 0.347 e. The third-order valence-electron chi connectivity index (χ3n) is 5.75. The molecule has 8 nitrogen and oxygen atoms in total. The van der Waals surface area contributed by atoms with Crippen molar-refractivity contribution in [2.24, 2.45) is 0 Å². The summed E-state index contributed by atoms with van der Waals surface area (Å²) in [5.41, 5.74) is 2.76. The van der Waals surface area contributed by atoms with Gasteiger partial charge in [-0.1, -0.05) is 65.9 Å². The van der Waals surface area contributed by atoms with Crippen LogP contribution in [0.3, 0.4) is 0 Å². The van der Waals surface area contributed by atoms with Gasteiger partial charge in [0.05, 0.1) is 12.2 Å². The lowest BCUT2D eigenvalue weighted by Crippen LogP contribution is -2.50. The molecule has 1 aliphatic rings. The summed E-state index contributed by atoms with van der Waals surface area (Å²) in [4.78, 5) is 30.5. The minimum atomic E-state index is -0.149. The van der Waals surface area contributed by atoms with Crippen LogP contribution in [0.2, 0.25) is 0 Å². The Labute approximate surface area is 188 Å². The maximum atomic E-state index is 12.9. The molecule has 1 saturated heterocycles. The van der Waals surface area contributed by atoms with Gasteiger partial charge in [-0.05, 0) is 11.1 Å². The Kier molecular flexibility index (Phi) is 6.61. The zero-order chi connectivity index (χ0) is 22.5. The number of hydrogen-bond donors (Lipinski definition) is 0. The lowest BCUT2D eigenvalue weighted by atomic mass is 9.96. The molecule has 3 aromatic rings. The molecule has 1 aromatic heterocycles. The van der Waals surface area contributed by atoms with Crippen molar-refractivity contribution in [1.82, 2.24) is 29.7 Å². The minimum Gasteiger partial charge on any atom is -0.347 e. The number of piperazine rings is 1. The van der Waals surface area contributed by atoms with E-state index in [0.717, 1.165) is 13.1 Å². The fourth-order valence-corrected chi connectivity index (χ4v) is 3.98. The van der Waals surface area contributed by atoms with Gasteiger partial charge in [0.2, 0.25) is 5.91 Å². The van der Waals surface area contributed by atoms with Gasteiger partial charge < -0.3 is 9.80 Å². The maximum absolute atomic E-state index is 12.9. The van der Waals surface area contributed by atoms with Crippen molar-refractivity contribution in [3.8, 4) is 0 Å². The predicted molar refractivity (Wildman–Crippen MR) is 121 cm³/mol. The zero-order valence-electron chi connectivity index (χ0n) is 18.5. The van der Waals surface area contributed by atoms with Crippen molar-refractivity contribution in [2.45, 2.75) is 12.6 Å². The number of nitrogens with zero attached hydrogens (tertiary/aromatic N) is 6. The van der Waals surface area contributed by atoms with E-state index < -0.39 is 0 Å². The molecular formula is C24H28N6O2. The van der Waals surface area contributed by atoms with Crippen LogP contribution in [0, 0.1) is 0 Å². The molecule has 166 valence electrons. The molecule has 0 atom stereocenters. The monoisotopic (exact) mass is 432 g/mol. The van der Waals surface area contributed by atoms with Gasteiger partial charge in [-0.3, -0.25) is 14.5 Å². The first-order valence-electron chi connectivity index (χ1n) is 10.8. The number of benzene rings is 2. The minimum absolute atomic E-state index is 0.0664. The van der Waals surface area contributed by atoms with Crippen LogP contribution < -0.4 is 0 Å². The average Bonchev–Trinajstić information content (AvgIpc) is 3.29. The van der Waals surface area contributed by atoms with Crippen LogP contribution in [0.1, 0.15) is 27.7 Å². The van der Waals surface area contributed by atoms with E-state index in [-0.39, 0.29) is 30.1 Å². The molecule has 2 heterocycles. The topological polar surface area (TPSA) is 74.6 Å². The highest BCUT2D eigenvalue weighted by Gasteiger charge is 2.29. The third kappa shape index (κ3) is 4.86. The third-order valence-corrected chi connectivity index (χ3v) is 5.75. The van der Waals surface area contributed by atoms with E-state index in [1.807, 2.05) is 17.0 Å². The molecule has 0 bridgehead atoms. The number of amides is 2. The Morgan fingerprint density at radius 2 is 1.47 bits per heavy atom. The van der Waals surface area contributed by atoms with Gasteiger partial charge >= 0.3 is 0 Å². The van der Waals surface area contributed by atoms with Gasteiger partial charge in [-0.25, -0.2) is 4.68 Å². The Bertz CT molecular complexity index is 1000. The van der Waals surface area contributed by atoms with E-state index in [4.69, 9.17) is 0 Å². The van der Waals surface area contributed by atoms with E-state index in [0.29, 0.717) is 13.1 Å². The molecular weight excluding hydrogens is 404 g/mol. The standard InChI is InChI=1S/C24H28N6O2/c1-27(2)22(31)18-30-17-21(25-26-30)24(32)29-15-13-28(14-16-29)23(19-9-5-3-6-10-19)20-11-7-4-8-12-20/h3-12,17,23H,13-16,18H2,1-2H3. The Morgan fingerprint density at radius 1 is 0.906 bits per heavy atom. The summed E-state index contributed by atoms with van der Waals surface area (Å²) < 4.78 is 1.41. The van der Waals surface area contributed by atoms with Gasteiger partial charge in [0.15, 0.2) is 5.69 Å². The van der Waals surface area contributed by atoms with Crippen LogP contribution in [0.25, 0.3) is 0 Å². The van der Waals surface area contributed by atoms with Crippen LogP contribution in [0.4, 0.5) is 0 Å². The average molecular weight is 433 g/mol. The first-order chi connectivity index (χ1) is 15.5. The van der Waals surface area contributed by atoms with E-state index in [1.165, 1.54) is 20.7 Å². The van der Waals surface area contributed by atoms with Crippen molar-refractivity contribution >= 4 is 11.8 Å². The van der Waals surface area contributed by atoms with E-state index in [9.17, 15) is 9.59 Å². The van der Waals surface area contributed by atoms with Gasteiger partial charge in [-0.15, -0.1) is 5.10 Å². The fourth-order valence-electron chi connectivity index (χ4n) is 3.98. The normalized spacial score (nSPS) is 14.5. The molecule has 32 heavy (non-hydrogen) atoms. The van der Waals surface area contributed by atoms with Gasteiger partial charge in [-0.2, -0.15) is 0 Å². The number of carbonyl (C=O) groups is 2. The van der Waals surface area contributed by atoms with Crippen LogP contribution in [0.5, 0.6) is 0 Å². The zero-order valence-corrected chi connectivity index (χ0v) is 18.5. The van der Waals surface area contributed by atoms with Gasteiger partial charge in [0, 0.05) is 40.3 Å². The van der Waals surface area contributed by atoms with Crippen LogP contribution in [-0.4, -0.2) is 81.8 Å². The molecule has 0 saturated carbocycles. The van der Waals surface area contributed by atoms with E-state index in [2.05, 4.69) is 63.7 Å². The summed E-state index contributed by atoms with van der Waals surface area (Å²) in [6.07, 6.45) is 1.55. The number of rotatable bonds is 6. The lowest BCUT2D eigenvalue weighted by Gasteiger charge is -2.39. The van der Waals surface area contributed by atoms with E-state index in [1.54, 1.807) is 20.3 Å². The SMILES string of the molecule is CN(C)C(=O)Cn1cc(C(=O)N2CCN(C(c3ccccc3)c3ccccc3)CC2)nn1. The molecule has 0 spiro atoms. The highest BCUT2D eigenvalue weighted by Crippen LogP contribution is 2.29. The lowest BCUT2D eigenvalue weighted by molar-refractivity contribution is -0.129. The highest BCUT2D eigenvalue weighted by molar-refractivity contribution is 5.92. The summed E-state index contributed by atoms with van der Waals surface area (Å²) in [7, 11) is 3.37. The van der Waals surface area contributed by atoms with E-state index >= 15 is 0 Å². The first kappa shape index (κ1) is 21.7. The van der Waals surface area contributed by atoms with Crippen LogP contribution >= 0.6 is 0 Å². The van der Waals surface area contributed by atoms with Gasteiger partial charge in [0.25, 0.3) is 5.91 Å². The summed E-state index contributed by atoms with van der Waals surface area (Å²) in [5.74, 6) is -0.250. The Balaban J connectivity index is 1.43. The second-order valence-corrected chi connectivity index (χ2v) is 8.14. The maximum Gasteiger partial charge on any atom is 0.276 e. The summed E-state index contributed by atoms with van der Waals surface area (Å²) in [5, 5.41) is 7.93. The fraction of sp³-hybridized carbons (Fsp3) is 0.333. The summed E-state index contributed by atoms with van der Waals surface area (Å²) in [6, 6.07) is 21.1. The van der Waals surface area contributed by atoms with Crippen LogP contribution in [0.15, 0.2) is 66.9 Å². The predicted octanol–water partition coefficient (Wildman–Crippen LogP) is 1.91. The molecule has 1 aliphatic heterocycles. The quantitative estimate of drug-likeness (QED) is 0.595. The number of hydrogen-bond acceptors (Lipinski definition) is 5. The second kappa shape index (κ2) is 9.74. The van der Waals surface area contributed by atoms with Gasteiger partial charge in [0.1, 0.15) is 6.54 Å². The molecule has 2 aromatic carbocycles. The number of carbonyl (C=O) groups excluding carboxylic acids is 2. The number of aromatic nitrogens is 3. The molecule has 0 unspecified atom stereocenters. The molecule has 1 fully saturated rings. The molecule has 8 heteroatoms. The van der Waals surface area contributed by atoms with Crippen molar-refractivity contribution in [2.75, 3.05) is 40.3 Å².